The molecule has 0 spiro atoms. The van der Waals surface area contributed by atoms with Crippen LogP contribution in [-0.4, -0.2) is 46.7 Å². The number of anilines is 1. The zero-order chi connectivity index (χ0) is 15.6. The monoisotopic (exact) mass is 308 g/mol. The minimum absolute atomic E-state index is 0.272. The lowest BCUT2D eigenvalue weighted by Gasteiger charge is -2.17. The van der Waals surface area contributed by atoms with Crippen LogP contribution in [0, 0.1) is 13.8 Å². The Bertz CT molecular complexity index is 624. The van der Waals surface area contributed by atoms with Crippen LogP contribution >= 0.6 is 11.3 Å². The third-order valence-electron chi connectivity index (χ3n) is 3.65. The van der Waals surface area contributed by atoms with Crippen molar-refractivity contribution < 1.29 is 5.11 Å². The molecule has 5 nitrogen and oxygen atoms in total. The molecule has 0 fully saturated rings. The van der Waals surface area contributed by atoms with Gasteiger partial charge in [0, 0.05) is 18.5 Å². The fourth-order valence-corrected chi connectivity index (χ4v) is 3.32. The average Bonchev–Trinajstić information content (AvgIpc) is 2.71. The number of hydrogen-bond donors (Lipinski definition) is 2. The first-order valence-corrected chi connectivity index (χ1v) is 8.05. The quantitative estimate of drug-likeness (QED) is 0.859. The van der Waals surface area contributed by atoms with Gasteiger partial charge in [-0.05, 0) is 39.8 Å². The first kappa shape index (κ1) is 16.1. The highest BCUT2D eigenvalue weighted by atomic mass is 32.1. The van der Waals surface area contributed by atoms with Crippen molar-refractivity contribution >= 4 is 27.4 Å². The van der Waals surface area contributed by atoms with Gasteiger partial charge in [0.05, 0.1) is 18.0 Å². The molecular weight excluding hydrogens is 284 g/mol. The van der Waals surface area contributed by atoms with Gasteiger partial charge in [-0.2, -0.15) is 0 Å². The lowest BCUT2D eigenvalue weighted by Crippen LogP contribution is -2.23. The highest BCUT2D eigenvalue weighted by Gasteiger charge is 2.14. The molecule has 2 rings (SSSR count). The predicted molar refractivity (Wildman–Crippen MR) is 89.1 cm³/mol. The Hall–Kier alpha value is -1.24. The summed E-state index contributed by atoms with van der Waals surface area (Å²) >= 11 is 1.72. The van der Waals surface area contributed by atoms with Gasteiger partial charge in [-0.15, -0.1) is 11.3 Å². The molecule has 2 aromatic heterocycles. The van der Waals surface area contributed by atoms with E-state index in [-0.39, 0.29) is 6.10 Å². The summed E-state index contributed by atoms with van der Waals surface area (Å²) in [5, 5.41) is 13.7. The number of fused-ring (bicyclic) bond motifs is 1. The summed E-state index contributed by atoms with van der Waals surface area (Å²) in [7, 11) is 3.93. The van der Waals surface area contributed by atoms with Gasteiger partial charge >= 0.3 is 0 Å². The van der Waals surface area contributed by atoms with Crippen molar-refractivity contribution in [3.05, 3.63) is 16.3 Å². The number of nitrogens with one attached hydrogen (secondary N) is 1. The van der Waals surface area contributed by atoms with Crippen LogP contribution < -0.4 is 5.32 Å². The highest BCUT2D eigenvalue weighted by molar-refractivity contribution is 7.18. The van der Waals surface area contributed by atoms with Crippen LogP contribution in [0.4, 0.5) is 5.82 Å². The van der Waals surface area contributed by atoms with Crippen LogP contribution in [0.3, 0.4) is 0 Å². The van der Waals surface area contributed by atoms with Crippen molar-refractivity contribution in [1.82, 2.24) is 14.9 Å². The Labute approximate surface area is 130 Å². The number of aliphatic hydroxyl groups is 1. The Kier molecular flexibility index (Phi) is 5.13. The summed E-state index contributed by atoms with van der Waals surface area (Å²) in [5.74, 6) is 1.72. The van der Waals surface area contributed by atoms with Crippen LogP contribution in [-0.2, 0) is 6.54 Å². The van der Waals surface area contributed by atoms with E-state index in [1.54, 1.807) is 11.3 Å². The number of thiophene rings is 1. The fraction of sp³-hybridized carbons (Fsp3) is 0.600. The molecule has 0 aliphatic rings. The molecule has 6 heteroatoms. The molecule has 0 aliphatic carbocycles. The first-order valence-electron chi connectivity index (χ1n) is 7.23. The Morgan fingerprint density at radius 3 is 2.67 bits per heavy atom. The molecule has 0 saturated carbocycles. The zero-order valence-corrected chi connectivity index (χ0v) is 14.2. The maximum atomic E-state index is 9.36. The SMILES string of the molecule is CNc1nc(CN(C)CCC(C)O)nc2sc(C)c(C)c12. The largest absolute Gasteiger partial charge is 0.393 e. The Morgan fingerprint density at radius 1 is 1.33 bits per heavy atom. The van der Waals surface area contributed by atoms with Gasteiger partial charge in [-0.1, -0.05) is 0 Å². The van der Waals surface area contributed by atoms with Crippen molar-refractivity contribution in [2.45, 2.75) is 39.8 Å². The Morgan fingerprint density at radius 2 is 2.05 bits per heavy atom. The zero-order valence-electron chi connectivity index (χ0n) is 13.4. The summed E-state index contributed by atoms with van der Waals surface area (Å²) < 4.78 is 0. The van der Waals surface area contributed by atoms with E-state index >= 15 is 0 Å². The normalized spacial score (nSPS) is 13.1. The summed E-state index contributed by atoms with van der Waals surface area (Å²) in [6.45, 7) is 7.57. The number of aromatic nitrogens is 2. The molecule has 0 radical (unpaired) electrons. The van der Waals surface area contributed by atoms with Gasteiger partial charge in [0.25, 0.3) is 0 Å². The third-order valence-corrected chi connectivity index (χ3v) is 4.75. The summed E-state index contributed by atoms with van der Waals surface area (Å²) in [6, 6.07) is 0. The molecule has 1 unspecified atom stereocenters. The van der Waals surface area contributed by atoms with Crippen LogP contribution in [0.15, 0.2) is 0 Å². The molecule has 0 bridgehead atoms. The lowest BCUT2D eigenvalue weighted by atomic mass is 10.2. The standard InChI is InChI=1S/C15H24N4OS/c1-9(20)6-7-19(5)8-12-17-14(16-4)13-10(2)11(3)21-15(13)18-12/h9,20H,6-8H2,1-5H3,(H,16,17,18). The summed E-state index contributed by atoms with van der Waals surface area (Å²) in [5.41, 5.74) is 1.26. The summed E-state index contributed by atoms with van der Waals surface area (Å²) in [6.07, 6.45) is 0.487. The van der Waals surface area contributed by atoms with Gasteiger partial charge in [-0.25, -0.2) is 9.97 Å². The van der Waals surface area contributed by atoms with E-state index in [1.165, 1.54) is 10.4 Å². The molecule has 21 heavy (non-hydrogen) atoms. The second kappa shape index (κ2) is 6.68. The van der Waals surface area contributed by atoms with Crippen molar-refractivity contribution in [3.8, 4) is 0 Å². The van der Waals surface area contributed by atoms with E-state index in [9.17, 15) is 5.11 Å². The van der Waals surface area contributed by atoms with Crippen molar-refractivity contribution in [3.63, 3.8) is 0 Å². The molecule has 2 aromatic rings. The van der Waals surface area contributed by atoms with E-state index < -0.39 is 0 Å². The molecule has 0 amide bonds. The smallest absolute Gasteiger partial charge is 0.146 e. The maximum absolute atomic E-state index is 9.36. The van der Waals surface area contributed by atoms with E-state index in [4.69, 9.17) is 4.98 Å². The molecule has 0 saturated heterocycles. The minimum atomic E-state index is -0.272. The van der Waals surface area contributed by atoms with E-state index in [2.05, 4.69) is 29.0 Å². The molecule has 2 heterocycles. The first-order chi connectivity index (χ1) is 9.92. The molecular formula is C15H24N4OS. The van der Waals surface area contributed by atoms with Crippen molar-refractivity contribution in [1.29, 1.82) is 0 Å². The second-order valence-corrected chi connectivity index (χ2v) is 6.78. The van der Waals surface area contributed by atoms with Crippen LogP contribution in [0.2, 0.25) is 0 Å². The molecule has 0 aliphatic heterocycles. The van der Waals surface area contributed by atoms with Crippen LogP contribution in [0.5, 0.6) is 0 Å². The van der Waals surface area contributed by atoms with E-state index in [0.717, 1.165) is 34.8 Å². The number of nitrogens with zero attached hydrogens (tertiary/aromatic N) is 3. The van der Waals surface area contributed by atoms with Gasteiger partial charge in [0.2, 0.25) is 0 Å². The maximum Gasteiger partial charge on any atom is 0.146 e. The molecule has 0 aromatic carbocycles. The predicted octanol–water partition coefficient (Wildman–Crippen LogP) is 2.55. The number of aliphatic hydroxyl groups excluding tert-OH is 1. The van der Waals surface area contributed by atoms with Crippen molar-refractivity contribution in [2.75, 3.05) is 26.0 Å². The van der Waals surface area contributed by atoms with Gasteiger partial charge in [0.1, 0.15) is 16.5 Å². The average molecular weight is 308 g/mol. The van der Waals surface area contributed by atoms with Crippen LogP contribution in [0.1, 0.15) is 29.6 Å². The lowest BCUT2D eigenvalue weighted by molar-refractivity contribution is 0.162. The van der Waals surface area contributed by atoms with Crippen LogP contribution in [0.25, 0.3) is 10.2 Å². The fourth-order valence-electron chi connectivity index (χ4n) is 2.27. The number of aryl methyl sites for hydroxylation is 2. The second-order valence-electron chi connectivity index (χ2n) is 5.58. The van der Waals surface area contributed by atoms with E-state index in [0.29, 0.717) is 6.54 Å². The van der Waals surface area contributed by atoms with E-state index in [1.807, 2.05) is 21.0 Å². The Balaban J connectivity index is 2.25. The molecule has 116 valence electrons. The minimum Gasteiger partial charge on any atom is -0.393 e. The third kappa shape index (κ3) is 3.70. The number of hydrogen-bond acceptors (Lipinski definition) is 6. The molecule has 1 atom stereocenters. The van der Waals surface area contributed by atoms with Crippen molar-refractivity contribution in [2.24, 2.45) is 0 Å². The molecule has 2 N–H and O–H groups in total. The van der Waals surface area contributed by atoms with Gasteiger partial charge < -0.3 is 10.4 Å². The topological polar surface area (TPSA) is 61.3 Å². The number of rotatable bonds is 6. The van der Waals surface area contributed by atoms with Gasteiger partial charge in [-0.3, -0.25) is 4.90 Å². The highest BCUT2D eigenvalue weighted by Crippen LogP contribution is 2.33. The van der Waals surface area contributed by atoms with Gasteiger partial charge in [0.15, 0.2) is 0 Å². The summed E-state index contributed by atoms with van der Waals surface area (Å²) in [4.78, 5) is 13.8.